The van der Waals surface area contributed by atoms with Gasteiger partial charge in [-0.25, -0.2) is 0 Å². The van der Waals surface area contributed by atoms with E-state index in [0.29, 0.717) is 11.5 Å². The first-order valence-corrected chi connectivity index (χ1v) is 7.04. The van der Waals surface area contributed by atoms with E-state index in [1.165, 1.54) is 10.4 Å². The molecule has 4 nitrogen and oxygen atoms in total. The molecule has 1 aromatic heterocycles. The summed E-state index contributed by atoms with van der Waals surface area (Å²) in [5.74, 6) is 0.990. The lowest BCUT2D eigenvalue weighted by molar-refractivity contribution is -0.118. The Bertz CT molecular complexity index is 587. The first kappa shape index (κ1) is 14.4. The second kappa shape index (κ2) is 6.43. The lowest BCUT2D eigenvalue weighted by Gasteiger charge is -2.09. The number of aryl methyl sites for hydroxylation is 2. The molecule has 1 aromatic carbocycles. The molecule has 0 bridgehead atoms. The van der Waals surface area contributed by atoms with Crippen LogP contribution in [0.25, 0.3) is 0 Å². The van der Waals surface area contributed by atoms with E-state index < -0.39 is 0 Å². The topological polar surface area (TPSA) is 47.6 Å². The molecule has 0 saturated carbocycles. The standard InChI is InChI=1S/C15H17NO3S/c1-10-8-15(20-11(10)2)16-14(17)9-19-13-7-5-4-6-12(13)18-3/h4-8H,9H2,1-3H3,(H,16,17). The van der Waals surface area contributed by atoms with E-state index in [4.69, 9.17) is 9.47 Å². The number of rotatable bonds is 5. The third-order valence-corrected chi connectivity index (χ3v) is 3.92. The maximum absolute atomic E-state index is 11.8. The van der Waals surface area contributed by atoms with Crippen LogP contribution in [0.4, 0.5) is 5.00 Å². The van der Waals surface area contributed by atoms with E-state index in [1.807, 2.05) is 32.0 Å². The summed E-state index contributed by atoms with van der Waals surface area (Å²) in [6.45, 7) is 4.00. The molecule has 1 amide bonds. The molecule has 0 spiro atoms. The van der Waals surface area contributed by atoms with Crippen molar-refractivity contribution in [1.82, 2.24) is 0 Å². The van der Waals surface area contributed by atoms with Gasteiger partial charge in [0.05, 0.1) is 12.1 Å². The van der Waals surface area contributed by atoms with E-state index in [0.717, 1.165) is 5.00 Å². The molecule has 0 atom stereocenters. The minimum Gasteiger partial charge on any atom is -0.493 e. The van der Waals surface area contributed by atoms with Gasteiger partial charge >= 0.3 is 0 Å². The Morgan fingerprint density at radius 3 is 2.55 bits per heavy atom. The van der Waals surface area contributed by atoms with Gasteiger partial charge in [0.15, 0.2) is 18.1 Å². The molecule has 106 valence electrons. The number of benzene rings is 1. The first-order chi connectivity index (χ1) is 9.60. The Kier molecular flexibility index (Phi) is 4.63. The van der Waals surface area contributed by atoms with Crippen LogP contribution in [-0.2, 0) is 4.79 Å². The fraction of sp³-hybridized carbons (Fsp3) is 0.267. The highest BCUT2D eigenvalue weighted by Gasteiger charge is 2.09. The van der Waals surface area contributed by atoms with Gasteiger partial charge in [-0.2, -0.15) is 0 Å². The van der Waals surface area contributed by atoms with Crippen LogP contribution >= 0.6 is 11.3 Å². The Morgan fingerprint density at radius 2 is 1.95 bits per heavy atom. The quantitative estimate of drug-likeness (QED) is 0.918. The van der Waals surface area contributed by atoms with Crippen molar-refractivity contribution in [1.29, 1.82) is 0 Å². The van der Waals surface area contributed by atoms with E-state index in [9.17, 15) is 4.79 Å². The summed E-state index contributed by atoms with van der Waals surface area (Å²) in [5, 5.41) is 3.67. The van der Waals surface area contributed by atoms with Gasteiger partial charge < -0.3 is 14.8 Å². The molecule has 2 rings (SSSR count). The first-order valence-electron chi connectivity index (χ1n) is 6.23. The Hall–Kier alpha value is -2.01. The molecule has 0 fully saturated rings. The predicted octanol–water partition coefficient (Wildman–Crippen LogP) is 3.39. The van der Waals surface area contributed by atoms with Crippen molar-refractivity contribution in [2.75, 3.05) is 19.0 Å². The third kappa shape index (κ3) is 3.51. The average molecular weight is 291 g/mol. The largest absolute Gasteiger partial charge is 0.493 e. The van der Waals surface area contributed by atoms with Crippen molar-refractivity contribution in [3.05, 3.63) is 40.8 Å². The zero-order valence-corrected chi connectivity index (χ0v) is 12.5. The number of methoxy groups -OCH3 is 1. The lowest BCUT2D eigenvalue weighted by atomic mass is 10.3. The third-order valence-electron chi connectivity index (χ3n) is 2.86. The molecule has 0 unspecified atom stereocenters. The second-order valence-electron chi connectivity index (χ2n) is 4.34. The summed E-state index contributed by atoms with van der Waals surface area (Å²) < 4.78 is 10.6. The zero-order valence-electron chi connectivity index (χ0n) is 11.7. The van der Waals surface area contributed by atoms with E-state index in [2.05, 4.69) is 5.32 Å². The summed E-state index contributed by atoms with van der Waals surface area (Å²) >= 11 is 1.56. The maximum Gasteiger partial charge on any atom is 0.262 e. The molecule has 2 aromatic rings. The summed E-state index contributed by atoms with van der Waals surface area (Å²) in [4.78, 5) is 13.0. The van der Waals surface area contributed by atoms with E-state index in [1.54, 1.807) is 30.6 Å². The van der Waals surface area contributed by atoms with E-state index >= 15 is 0 Å². The van der Waals surface area contributed by atoms with Gasteiger partial charge in [-0.15, -0.1) is 11.3 Å². The number of hydrogen-bond acceptors (Lipinski definition) is 4. The Balaban J connectivity index is 1.92. The molecule has 1 heterocycles. The van der Waals surface area contributed by atoms with Gasteiger partial charge in [-0.05, 0) is 37.6 Å². The molecular formula is C15H17NO3S. The number of hydrogen-bond donors (Lipinski definition) is 1. The van der Waals surface area contributed by atoms with Gasteiger partial charge in [-0.3, -0.25) is 4.79 Å². The minimum absolute atomic E-state index is 0.0453. The number of ether oxygens (including phenoxy) is 2. The summed E-state index contributed by atoms with van der Waals surface area (Å²) in [6, 6.07) is 9.20. The number of carbonyl (C=O) groups excluding carboxylic acids is 1. The molecule has 0 radical (unpaired) electrons. The monoisotopic (exact) mass is 291 g/mol. The predicted molar refractivity (Wildman–Crippen MR) is 80.9 cm³/mol. The number of thiophene rings is 1. The molecule has 0 aliphatic heterocycles. The van der Waals surface area contributed by atoms with Crippen LogP contribution < -0.4 is 14.8 Å². The van der Waals surface area contributed by atoms with Crippen LogP contribution in [-0.4, -0.2) is 19.6 Å². The molecule has 1 N–H and O–H groups in total. The molecule has 20 heavy (non-hydrogen) atoms. The van der Waals surface area contributed by atoms with Crippen LogP contribution in [0.15, 0.2) is 30.3 Å². The molecule has 0 aliphatic carbocycles. The smallest absolute Gasteiger partial charge is 0.262 e. The van der Waals surface area contributed by atoms with Crippen molar-refractivity contribution in [2.24, 2.45) is 0 Å². The molecular weight excluding hydrogens is 274 g/mol. The molecule has 0 aliphatic rings. The number of nitrogens with one attached hydrogen (secondary N) is 1. The second-order valence-corrected chi connectivity index (χ2v) is 5.59. The van der Waals surface area contributed by atoms with Crippen LogP contribution in [0.5, 0.6) is 11.5 Å². The van der Waals surface area contributed by atoms with Gasteiger partial charge in [0.1, 0.15) is 0 Å². The summed E-state index contributed by atoms with van der Waals surface area (Å²) in [7, 11) is 1.57. The Morgan fingerprint density at radius 1 is 1.25 bits per heavy atom. The average Bonchev–Trinajstić information content (AvgIpc) is 2.75. The van der Waals surface area contributed by atoms with Gasteiger partial charge in [-0.1, -0.05) is 12.1 Å². The van der Waals surface area contributed by atoms with Crippen LogP contribution in [0.1, 0.15) is 10.4 Å². The maximum atomic E-state index is 11.8. The number of anilines is 1. The number of para-hydroxylation sites is 2. The minimum atomic E-state index is -0.183. The van der Waals surface area contributed by atoms with Gasteiger partial charge in [0.25, 0.3) is 5.91 Å². The molecule has 0 saturated heterocycles. The van der Waals surface area contributed by atoms with Crippen LogP contribution in [0, 0.1) is 13.8 Å². The van der Waals surface area contributed by atoms with Crippen LogP contribution in [0.3, 0.4) is 0 Å². The van der Waals surface area contributed by atoms with E-state index in [-0.39, 0.29) is 12.5 Å². The zero-order chi connectivity index (χ0) is 14.5. The van der Waals surface area contributed by atoms with Gasteiger partial charge in [0, 0.05) is 4.88 Å². The highest BCUT2D eigenvalue weighted by atomic mass is 32.1. The fourth-order valence-electron chi connectivity index (χ4n) is 1.69. The summed E-state index contributed by atoms with van der Waals surface area (Å²) in [5.41, 5.74) is 1.18. The number of amides is 1. The summed E-state index contributed by atoms with van der Waals surface area (Å²) in [6.07, 6.45) is 0. The highest BCUT2D eigenvalue weighted by Crippen LogP contribution is 2.27. The fourth-order valence-corrected chi connectivity index (χ4v) is 2.64. The van der Waals surface area contributed by atoms with Crippen molar-refractivity contribution >= 4 is 22.2 Å². The normalized spacial score (nSPS) is 10.2. The number of carbonyl (C=O) groups is 1. The Labute approximate surface area is 122 Å². The van der Waals surface area contributed by atoms with Crippen molar-refractivity contribution in [3.63, 3.8) is 0 Å². The lowest BCUT2D eigenvalue weighted by Crippen LogP contribution is -2.19. The van der Waals surface area contributed by atoms with Gasteiger partial charge in [0.2, 0.25) is 0 Å². The van der Waals surface area contributed by atoms with Crippen molar-refractivity contribution in [3.8, 4) is 11.5 Å². The SMILES string of the molecule is COc1ccccc1OCC(=O)Nc1cc(C)c(C)s1. The highest BCUT2D eigenvalue weighted by molar-refractivity contribution is 7.16. The van der Waals surface area contributed by atoms with Crippen molar-refractivity contribution in [2.45, 2.75) is 13.8 Å². The molecule has 5 heteroatoms. The van der Waals surface area contributed by atoms with Crippen molar-refractivity contribution < 1.29 is 14.3 Å². The van der Waals surface area contributed by atoms with Crippen LogP contribution in [0.2, 0.25) is 0 Å².